The minimum atomic E-state index is -0.648. The van der Waals surface area contributed by atoms with Crippen molar-refractivity contribution in [2.45, 2.75) is 33.2 Å². The highest BCUT2D eigenvalue weighted by Gasteiger charge is 2.37. The van der Waals surface area contributed by atoms with Crippen LogP contribution in [0.1, 0.15) is 37.5 Å². The van der Waals surface area contributed by atoms with Gasteiger partial charge in [-0.3, -0.25) is 19.3 Å². The summed E-state index contributed by atoms with van der Waals surface area (Å²) in [5.41, 5.74) is 5.01. The maximum Gasteiger partial charge on any atom is 0.294 e. The molecule has 8 heteroatoms. The summed E-state index contributed by atoms with van der Waals surface area (Å²) in [7, 11) is 2.05. The van der Waals surface area contributed by atoms with Crippen LogP contribution in [0, 0.1) is 12.7 Å². The number of thioether (sulfide) groups is 1. The zero-order chi connectivity index (χ0) is 24.8. The van der Waals surface area contributed by atoms with Crippen LogP contribution in [0.3, 0.4) is 0 Å². The Balaban J connectivity index is 1.56. The minimum absolute atomic E-state index is 0.00346. The Bertz CT molecular complexity index is 1280. The van der Waals surface area contributed by atoms with Gasteiger partial charge in [0.25, 0.3) is 11.1 Å². The standard InChI is InChI=1S/C26H26FN3O3S/c1-15-10-21-18(16(2)13-26(3,4)29(21)5)11-17(15)12-22-24(32)30(25(33)34-22)14-23(31)28-20-9-7-6-8-19(20)27/h6-13H,14H2,1-5H3,(H,28,31)/b22-12+. The number of hydrogen-bond donors (Lipinski definition) is 1. The molecule has 1 fully saturated rings. The summed E-state index contributed by atoms with van der Waals surface area (Å²) in [5.74, 6) is -1.78. The van der Waals surface area contributed by atoms with Crippen molar-refractivity contribution in [3.05, 3.63) is 69.9 Å². The van der Waals surface area contributed by atoms with Crippen LogP contribution in [0.15, 0.2) is 47.4 Å². The van der Waals surface area contributed by atoms with Crippen molar-refractivity contribution in [2.24, 2.45) is 0 Å². The van der Waals surface area contributed by atoms with E-state index in [1.165, 1.54) is 18.2 Å². The number of para-hydroxylation sites is 1. The molecule has 1 saturated heterocycles. The number of nitrogens with zero attached hydrogens (tertiary/aromatic N) is 2. The van der Waals surface area contributed by atoms with Gasteiger partial charge in [-0.05, 0) is 86.5 Å². The average Bonchev–Trinajstić information content (AvgIpc) is 3.02. The van der Waals surface area contributed by atoms with Gasteiger partial charge in [0.2, 0.25) is 5.91 Å². The van der Waals surface area contributed by atoms with Gasteiger partial charge < -0.3 is 10.2 Å². The Morgan fingerprint density at radius 2 is 1.88 bits per heavy atom. The third-order valence-corrected chi connectivity index (χ3v) is 7.12. The fourth-order valence-corrected chi connectivity index (χ4v) is 4.98. The molecule has 0 unspecified atom stereocenters. The van der Waals surface area contributed by atoms with Gasteiger partial charge in [-0.25, -0.2) is 4.39 Å². The monoisotopic (exact) mass is 479 g/mol. The third-order valence-electron chi connectivity index (χ3n) is 6.21. The molecule has 0 spiro atoms. The van der Waals surface area contributed by atoms with Crippen LogP contribution in [0.4, 0.5) is 20.6 Å². The van der Waals surface area contributed by atoms with E-state index in [2.05, 4.69) is 50.2 Å². The maximum absolute atomic E-state index is 13.8. The van der Waals surface area contributed by atoms with Gasteiger partial charge in [0.05, 0.1) is 16.1 Å². The second-order valence-electron chi connectivity index (χ2n) is 9.06. The Labute approximate surface area is 202 Å². The number of benzene rings is 2. The summed E-state index contributed by atoms with van der Waals surface area (Å²) in [5, 5.41) is 1.87. The van der Waals surface area contributed by atoms with Crippen molar-refractivity contribution >= 4 is 51.8 Å². The number of carbonyl (C=O) groups is 3. The van der Waals surface area contributed by atoms with Crippen LogP contribution < -0.4 is 10.2 Å². The summed E-state index contributed by atoms with van der Waals surface area (Å²) < 4.78 is 13.8. The molecular formula is C26H26FN3O3S. The summed E-state index contributed by atoms with van der Waals surface area (Å²) in [6.45, 7) is 7.85. The molecule has 0 aliphatic carbocycles. The lowest BCUT2D eigenvalue weighted by Gasteiger charge is -2.41. The number of imide groups is 1. The second kappa shape index (κ2) is 8.76. The number of allylic oxidation sites excluding steroid dienone is 1. The minimum Gasteiger partial charge on any atom is -0.365 e. The fraction of sp³-hybridized carbons (Fsp3) is 0.269. The Hall–Kier alpha value is -3.39. The van der Waals surface area contributed by atoms with Crippen molar-refractivity contribution in [1.82, 2.24) is 4.90 Å². The molecule has 1 N–H and O–H groups in total. The van der Waals surface area contributed by atoms with E-state index in [4.69, 9.17) is 0 Å². The topological polar surface area (TPSA) is 69.7 Å². The van der Waals surface area contributed by atoms with E-state index in [0.29, 0.717) is 0 Å². The normalized spacial score (nSPS) is 18.3. The highest BCUT2D eigenvalue weighted by atomic mass is 32.2. The van der Waals surface area contributed by atoms with Crippen molar-refractivity contribution in [3.8, 4) is 0 Å². The summed E-state index contributed by atoms with van der Waals surface area (Å²) in [6.07, 6.45) is 3.90. The molecule has 34 heavy (non-hydrogen) atoms. The first-order valence-electron chi connectivity index (χ1n) is 10.9. The molecule has 2 aromatic carbocycles. The van der Waals surface area contributed by atoms with Crippen LogP contribution >= 0.6 is 11.8 Å². The van der Waals surface area contributed by atoms with Crippen LogP contribution in [0.25, 0.3) is 11.6 Å². The highest BCUT2D eigenvalue weighted by Crippen LogP contribution is 2.40. The molecule has 0 aromatic heterocycles. The quantitative estimate of drug-likeness (QED) is 0.592. The number of hydrogen-bond acceptors (Lipinski definition) is 5. The predicted molar refractivity (Wildman–Crippen MR) is 135 cm³/mol. The van der Waals surface area contributed by atoms with Crippen molar-refractivity contribution in [1.29, 1.82) is 0 Å². The number of rotatable bonds is 4. The molecule has 2 aromatic rings. The van der Waals surface area contributed by atoms with Gasteiger partial charge in [-0.1, -0.05) is 18.2 Å². The first kappa shape index (κ1) is 23.8. The molecule has 0 atom stereocenters. The van der Waals surface area contributed by atoms with Crippen LogP contribution in [-0.4, -0.2) is 41.1 Å². The number of nitrogens with one attached hydrogen (secondary N) is 1. The van der Waals surface area contributed by atoms with Gasteiger partial charge in [0.15, 0.2) is 0 Å². The van der Waals surface area contributed by atoms with Gasteiger partial charge >= 0.3 is 0 Å². The van der Waals surface area contributed by atoms with Crippen LogP contribution in [0.2, 0.25) is 0 Å². The van der Waals surface area contributed by atoms with Gasteiger partial charge in [-0.2, -0.15) is 0 Å². The number of carbonyl (C=O) groups excluding carboxylic acids is 3. The Morgan fingerprint density at radius 3 is 2.59 bits per heavy atom. The van der Waals surface area contributed by atoms with E-state index in [0.717, 1.165) is 44.6 Å². The summed E-state index contributed by atoms with van der Waals surface area (Å²) in [4.78, 5) is 41.1. The molecule has 0 bridgehead atoms. The average molecular weight is 480 g/mol. The molecule has 4 rings (SSSR count). The predicted octanol–water partition coefficient (Wildman–Crippen LogP) is 5.44. The first-order valence-corrected chi connectivity index (χ1v) is 11.7. The maximum atomic E-state index is 13.8. The molecule has 2 aliphatic heterocycles. The number of fused-ring (bicyclic) bond motifs is 1. The van der Waals surface area contributed by atoms with E-state index in [-0.39, 0.29) is 16.1 Å². The van der Waals surface area contributed by atoms with E-state index < -0.39 is 29.4 Å². The lowest BCUT2D eigenvalue weighted by molar-refractivity contribution is -0.127. The number of likely N-dealkylation sites (N-methyl/N-ethyl adjacent to an activating group) is 1. The smallest absolute Gasteiger partial charge is 0.294 e. The largest absolute Gasteiger partial charge is 0.365 e. The molecule has 6 nitrogen and oxygen atoms in total. The molecule has 2 heterocycles. The fourth-order valence-electron chi connectivity index (χ4n) is 4.15. The van der Waals surface area contributed by atoms with E-state index in [1.807, 2.05) is 13.0 Å². The molecule has 0 radical (unpaired) electrons. The van der Waals surface area contributed by atoms with Crippen molar-refractivity contribution in [2.75, 3.05) is 23.8 Å². The number of halogens is 1. The molecular weight excluding hydrogens is 453 g/mol. The van der Waals surface area contributed by atoms with E-state index in [1.54, 1.807) is 12.1 Å². The molecule has 3 amide bonds. The Kier molecular flexibility index (Phi) is 6.12. The van der Waals surface area contributed by atoms with Gasteiger partial charge in [0.1, 0.15) is 12.4 Å². The number of aryl methyl sites for hydroxylation is 1. The van der Waals surface area contributed by atoms with Crippen molar-refractivity contribution in [3.63, 3.8) is 0 Å². The SMILES string of the molecule is CC1=CC(C)(C)N(C)c2cc(C)c(/C=C3/SC(=O)N(CC(=O)Nc4ccccc4F)C3=O)cc21. The second-order valence-corrected chi connectivity index (χ2v) is 10.1. The van der Waals surface area contributed by atoms with Crippen LogP contribution in [-0.2, 0) is 9.59 Å². The number of anilines is 2. The zero-order valence-electron chi connectivity index (χ0n) is 19.7. The molecule has 2 aliphatic rings. The van der Waals surface area contributed by atoms with Crippen molar-refractivity contribution < 1.29 is 18.8 Å². The first-order chi connectivity index (χ1) is 16.0. The lowest BCUT2D eigenvalue weighted by atomic mass is 9.87. The van der Waals surface area contributed by atoms with Gasteiger partial charge in [0, 0.05) is 18.3 Å². The molecule has 0 saturated carbocycles. The lowest BCUT2D eigenvalue weighted by Crippen LogP contribution is -2.42. The number of amides is 3. The zero-order valence-corrected chi connectivity index (χ0v) is 20.5. The van der Waals surface area contributed by atoms with E-state index in [9.17, 15) is 18.8 Å². The van der Waals surface area contributed by atoms with E-state index >= 15 is 0 Å². The summed E-state index contributed by atoms with van der Waals surface area (Å²) >= 11 is 0.795. The third kappa shape index (κ3) is 4.37. The highest BCUT2D eigenvalue weighted by molar-refractivity contribution is 8.18. The van der Waals surface area contributed by atoms with Gasteiger partial charge in [-0.15, -0.1) is 0 Å². The Morgan fingerprint density at radius 1 is 1.18 bits per heavy atom. The van der Waals surface area contributed by atoms with Crippen LogP contribution in [0.5, 0.6) is 0 Å². The summed E-state index contributed by atoms with van der Waals surface area (Å²) in [6, 6.07) is 9.83. The molecule has 176 valence electrons.